The zero-order valence-electron chi connectivity index (χ0n) is 15.2. The molecule has 3 nitrogen and oxygen atoms in total. The Morgan fingerprint density at radius 2 is 1.86 bits per heavy atom. The van der Waals surface area contributed by atoms with E-state index in [1.165, 1.54) is 42.3 Å². The van der Waals surface area contributed by atoms with E-state index >= 15 is 0 Å². The van der Waals surface area contributed by atoms with Gasteiger partial charge in [0.05, 0.1) is 18.2 Å². The second-order valence-corrected chi connectivity index (χ2v) is 6.70. The molecule has 2 aromatic carbocycles. The largest absolute Gasteiger partial charge is 0.467 e. The predicted octanol–water partition coefficient (Wildman–Crippen LogP) is 4.17. The normalized spacial score (nSPS) is 15.8. The van der Waals surface area contributed by atoms with E-state index in [2.05, 4.69) is 16.6 Å². The Labute approximate surface area is 170 Å². The smallest absolute Gasteiger partial charge is 0.417 e. The van der Waals surface area contributed by atoms with Crippen LogP contribution < -0.4 is 0 Å². The summed E-state index contributed by atoms with van der Waals surface area (Å²) >= 11 is 5.29. The van der Waals surface area contributed by atoms with Crippen molar-refractivity contribution in [3.05, 3.63) is 70.5 Å². The van der Waals surface area contributed by atoms with Gasteiger partial charge in [0.25, 0.3) is 0 Å². The third-order valence-electron chi connectivity index (χ3n) is 4.53. The van der Waals surface area contributed by atoms with Gasteiger partial charge < -0.3 is 9.64 Å². The standard InChI is InChI=1S/C21H15F4NO2S/c1-28-20(27)18-10-11-26(18)19(29)15-9-7-13(16(12-15)21(23,24)25)6-8-14-4-2-3-5-17(14)22/h2-5,7,9,12,18H,10-11H2,1H3. The van der Waals surface area contributed by atoms with Crippen molar-refractivity contribution < 1.29 is 27.1 Å². The summed E-state index contributed by atoms with van der Waals surface area (Å²) in [5.41, 5.74) is -1.11. The number of benzene rings is 2. The molecule has 0 aliphatic carbocycles. The number of alkyl halides is 3. The van der Waals surface area contributed by atoms with Crippen LogP contribution >= 0.6 is 12.2 Å². The van der Waals surface area contributed by atoms with E-state index in [9.17, 15) is 22.4 Å². The van der Waals surface area contributed by atoms with Crippen LogP contribution in [0.3, 0.4) is 0 Å². The number of hydrogen-bond donors (Lipinski definition) is 0. The number of esters is 1. The van der Waals surface area contributed by atoms with E-state index in [1.54, 1.807) is 6.07 Å². The Morgan fingerprint density at radius 1 is 1.17 bits per heavy atom. The Bertz CT molecular complexity index is 1020. The molecule has 0 spiro atoms. The van der Waals surface area contributed by atoms with Crippen molar-refractivity contribution >= 4 is 23.2 Å². The third-order valence-corrected chi connectivity index (χ3v) is 5.00. The van der Waals surface area contributed by atoms with Gasteiger partial charge >= 0.3 is 12.1 Å². The Balaban J connectivity index is 1.95. The second-order valence-electron chi connectivity index (χ2n) is 6.31. The zero-order valence-corrected chi connectivity index (χ0v) is 16.0. The molecule has 0 radical (unpaired) electrons. The molecular weight excluding hydrogens is 406 g/mol. The Morgan fingerprint density at radius 3 is 2.45 bits per heavy atom. The summed E-state index contributed by atoms with van der Waals surface area (Å²) in [4.78, 5) is 13.4. The highest BCUT2D eigenvalue weighted by atomic mass is 32.1. The lowest BCUT2D eigenvalue weighted by Gasteiger charge is -2.40. The van der Waals surface area contributed by atoms with Crippen LogP contribution in [0.15, 0.2) is 42.5 Å². The highest BCUT2D eigenvalue weighted by Gasteiger charge is 2.38. The van der Waals surface area contributed by atoms with Gasteiger partial charge in [-0.3, -0.25) is 0 Å². The van der Waals surface area contributed by atoms with Gasteiger partial charge in [-0.2, -0.15) is 13.2 Å². The van der Waals surface area contributed by atoms with Gasteiger partial charge in [-0.05, 0) is 30.7 Å². The van der Waals surface area contributed by atoms with Gasteiger partial charge in [-0.25, -0.2) is 9.18 Å². The number of rotatable bonds is 2. The van der Waals surface area contributed by atoms with Crippen molar-refractivity contribution in [2.24, 2.45) is 0 Å². The predicted molar refractivity (Wildman–Crippen MR) is 103 cm³/mol. The number of carbonyl (C=O) groups is 1. The summed E-state index contributed by atoms with van der Waals surface area (Å²) in [5, 5.41) is 0. The topological polar surface area (TPSA) is 29.5 Å². The van der Waals surface area contributed by atoms with E-state index in [-0.39, 0.29) is 21.7 Å². The van der Waals surface area contributed by atoms with Crippen LogP contribution in [0, 0.1) is 17.7 Å². The van der Waals surface area contributed by atoms with Gasteiger partial charge in [-0.15, -0.1) is 0 Å². The number of likely N-dealkylation sites (tertiary alicyclic amines) is 1. The van der Waals surface area contributed by atoms with Gasteiger partial charge in [0.2, 0.25) is 0 Å². The van der Waals surface area contributed by atoms with E-state index in [4.69, 9.17) is 12.2 Å². The molecule has 0 bridgehead atoms. The lowest BCUT2D eigenvalue weighted by atomic mass is 9.99. The summed E-state index contributed by atoms with van der Waals surface area (Å²) in [6.07, 6.45) is -4.16. The highest BCUT2D eigenvalue weighted by molar-refractivity contribution is 7.80. The van der Waals surface area contributed by atoms with Crippen molar-refractivity contribution in [2.75, 3.05) is 13.7 Å². The molecule has 1 fully saturated rings. The zero-order chi connectivity index (χ0) is 21.2. The van der Waals surface area contributed by atoms with Crippen molar-refractivity contribution in [3.63, 3.8) is 0 Å². The maximum atomic E-state index is 13.7. The van der Waals surface area contributed by atoms with Crippen LogP contribution in [0.1, 0.15) is 28.7 Å². The molecule has 29 heavy (non-hydrogen) atoms. The molecule has 1 saturated heterocycles. The molecule has 1 aliphatic rings. The molecular formula is C21H15F4NO2S. The maximum Gasteiger partial charge on any atom is 0.417 e. The van der Waals surface area contributed by atoms with Gasteiger partial charge in [-0.1, -0.05) is 42.3 Å². The third kappa shape index (κ3) is 4.40. The number of methoxy groups -OCH3 is 1. The van der Waals surface area contributed by atoms with Crippen LogP contribution in [0.25, 0.3) is 0 Å². The fourth-order valence-electron chi connectivity index (χ4n) is 2.90. The molecule has 0 amide bonds. The molecule has 1 atom stereocenters. The SMILES string of the molecule is COC(=O)C1CCN1C(=S)c1ccc(C#Cc2ccccc2F)c(C(F)(F)F)c1. The number of hydrogen-bond acceptors (Lipinski definition) is 3. The monoisotopic (exact) mass is 421 g/mol. The molecule has 1 unspecified atom stereocenters. The van der Waals surface area contributed by atoms with Gasteiger partial charge in [0.15, 0.2) is 0 Å². The lowest BCUT2D eigenvalue weighted by molar-refractivity contribution is -0.148. The fourth-order valence-corrected chi connectivity index (χ4v) is 3.24. The molecule has 1 aliphatic heterocycles. The van der Waals surface area contributed by atoms with Crippen molar-refractivity contribution in [1.82, 2.24) is 4.90 Å². The average molecular weight is 421 g/mol. The van der Waals surface area contributed by atoms with E-state index < -0.39 is 29.6 Å². The highest BCUT2D eigenvalue weighted by Crippen LogP contribution is 2.33. The minimum absolute atomic E-state index is 0.00159. The molecule has 2 aromatic rings. The van der Waals surface area contributed by atoms with Crippen LogP contribution in [0.2, 0.25) is 0 Å². The Kier molecular flexibility index (Phi) is 5.89. The number of ether oxygens (including phenoxy) is 1. The van der Waals surface area contributed by atoms with Crippen LogP contribution in [0.5, 0.6) is 0 Å². The van der Waals surface area contributed by atoms with Crippen LogP contribution in [0.4, 0.5) is 17.6 Å². The summed E-state index contributed by atoms with van der Waals surface area (Å²) in [6, 6.07) is 8.50. The van der Waals surface area contributed by atoms with Gasteiger partial charge in [0.1, 0.15) is 16.8 Å². The van der Waals surface area contributed by atoms with Crippen LogP contribution in [-0.4, -0.2) is 35.6 Å². The number of halogens is 4. The lowest BCUT2D eigenvalue weighted by Crippen LogP contribution is -2.55. The summed E-state index contributed by atoms with van der Waals surface area (Å²) < 4.78 is 59.1. The first-order valence-corrected chi connectivity index (χ1v) is 9.00. The summed E-state index contributed by atoms with van der Waals surface area (Å²) in [6.45, 7) is 0.453. The summed E-state index contributed by atoms with van der Waals surface area (Å²) in [7, 11) is 1.24. The molecule has 0 N–H and O–H groups in total. The maximum absolute atomic E-state index is 13.7. The first-order chi connectivity index (χ1) is 13.7. The van der Waals surface area contributed by atoms with Crippen LogP contribution in [-0.2, 0) is 15.7 Å². The average Bonchev–Trinajstić information content (AvgIpc) is 2.65. The minimum Gasteiger partial charge on any atom is -0.467 e. The molecule has 3 rings (SSSR count). The molecule has 8 heteroatoms. The quantitative estimate of drug-likeness (QED) is 0.315. The molecule has 150 valence electrons. The first-order valence-electron chi connectivity index (χ1n) is 8.59. The molecule has 1 heterocycles. The Hall–Kier alpha value is -2.92. The van der Waals surface area contributed by atoms with Crippen molar-refractivity contribution in [2.45, 2.75) is 18.6 Å². The fraction of sp³-hybridized carbons (Fsp3) is 0.238. The minimum atomic E-state index is -4.68. The molecule has 0 saturated carbocycles. The summed E-state index contributed by atoms with van der Waals surface area (Å²) in [5.74, 6) is 3.73. The number of carbonyl (C=O) groups excluding carboxylic acids is 1. The molecule has 0 aromatic heterocycles. The van der Waals surface area contributed by atoms with E-state index in [0.29, 0.717) is 13.0 Å². The van der Waals surface area contributed by atoms with Crippen molar-refractivity contribution in [3.8, 4) is 11.8 Å². The van der Waals surface area contributed by atoms with Crippen molar-refractivity contribution in [1.29, 1.82) is 0 Å². The number of thiocarbonyl (C=S) groups is 1. The van der Waals surface area contributed by atoms with Gasteiger partial charge in [0, 0.05) is 17.7 Å². The second kappa shape index (κ2) is 8.21. The first kappa shape index (κ1) is 20.8. The van der Waals surface area contributed by atoms with E-state index in [0.717, 1.165) is 6.07 Å². The van der Waals surface area contributed by atoms with E-state index in [1.807, 2.05) is 0 Å². The number of nitrogens with zero attached hydrogens (tertiary/aromatic N) is 1.